The largest absolute Gasteiger partial charge is 0.508 e. The molecule has 0 spiro atoms. The Bertz CT molecular complexity index is 1340. The minimum atomic E-state index is -1.14. The summed E-state index contributed by atoms with van der Waals surface area (Å²) < 4.78 is 0. The fraction of sp³-hybridized carbons (Fsp3) is 0.419. The predicted molar refractivity (Wildman–Crippen MR) is 164 cm³/mol. The van der Waals surface area contributed by atoms with Crippen LogP contribution in [0.5, 0.6) is 5.75 Å². The molecule has 1 saturated heterocycles. The molecule has 14 nitrogen and oxygen atoms in total. The summed E-state index contributed by atoms with van der Waals surface area (Å²) in [5.74, 6) is -3.66. The summed E-state index contributed by atoms with van der Waals surface area (Å²) in [6.45, 7) is -0.213. The van der Waals surface area contributed by atoms with Gasteiger partial charge in [-0.2, -0.15) is 0 Å². The van der Waals surface area contributed by atoms with Gasteiger partial charge in [0.15, 0.2) is 0 Å². The first-order valence-electron chi connectivity index (χ1n) is 14.8. The van der Waals surface area contributed by atoms with Gasteiger partial charge in [-0.15, -0.1) is 0 Å². The first kappa shape index (κ1) is 34.5. The topological polar surface area (TPSA) is 235 Å². The van der Waals surface area contributed by atoms with Crippen LogP contribution in [0.3, 0.4) is 0 Å². The number of hydrogen-bond acceptors (Lipinski definition) is 8. The van der Waals surface area contributed by atoms with E-state index in [4.69, 9.17) is 11.5 Å². The molecule has 0 aliphatic carbocycles. The lowest BCUT2D eigenvalue weighted by Gasteiger charge is -2.23. The van der Waals surface area contributed by atoms with Crippen molar-refractivity contribution in [2.24, 2.45) is 11.5 Å². The molecule has 1 heterocycles. The molecule has 6 amide bonds. The Morgan fingerprint density at radius 2 is 1.58 bits per heavy atom. The van der Waals surface area contributed by atoms with Gasteiger partial charge in [-0.05, 0) is 55.4 Å². The van der Waals surface area contributed by atoms with E-state index in [-0.39, 0.29) is 50.3 Å². The number of hydrogen-bond donors (Lipinski definition) is 8. The molecule has 1 aliphatic heterocycles. The van der Waals surface area contributed by atoms with Gasteiger partial charge in [0, 0.05) is 19.4 Å². The third kappa shape index (κ3) is 11.9. The summed E-state index contributed by atoms with van der Waals surface area (Å²) >= 11 is 0. The van der Waals surface area contributed by atoms with Crippen molar-refractivity contribution in [1.29, 1.82) is 0 Å². The van der Waals surface area contributed by atoms with E-state index in [1.165, 1.54) is 12.1 Å². The van der Waals surface area contributed by atoms with E-state index in [1.807, 2.05) is 0 Å². The van der Waals surface area contributed by atoms with Crippen molar-refractivity contribution in [2.45, 2.75) is 69.1 Å². The lowest BCUT2D eigenvalue weighted by atomic mass is 10.0. The van der Waals surface area contributed by atoms with Crippen LogP contribution in [0.1, 0.15) is 43.2 Å². The Morgan fingerprint density at radius 3 is 2.27 bits per heavy atom. The zero-order valence-corrected chi connectivity index (χ0v) is 24.9. The zero-order valence-electron chi connectivity index (χ0n) is 24.9. The van der Waals surface area contributed by atoms with E-state index < -0.39 is 60.2 Å². The number of amides is 6. The maximum absolute atomic E-state index is 13.2. The molecule has 2 aromatic carbocycles. The molecule has 1 fully saturated rings. The number of carbonyl (C=O) groups is 6. The van der Waals surface area contributed by atoms with Crippen molar-refractivity contribution in [3.05, 3.63) is 65.7 Å². The molecular formula is C31H41N7O7. The summed E-state index contributed by atoms with van der Waals surface area (Å²) in [7, 11) is 0. The Hall–Kier alpha value is -4.98. The molecule has 0 unspecified atom stereocenters. The summed E-state index contributed by atoms with van der Waals surface area (Å²) in [6, 6.07) is 10.8. The zero-order chi connectivity index (χ0) is 32.8. The molecule has 14 heteroatoms. The monoisotopic (exact) mass is 623 g/mol. The molecular weight excluding hydrogens is 582 g/mol. The van der Waals surface area contributed by atoms with Gasteiger partial charge in [-0.1, -0.05) is 42.5 Å². The maximum Gasteiger partial charge on any atom is 0.243 e. The number of rotatable bonds is 7. The summed E-state index contributed by atoms with van der Waals surface area (Å²) in [5, 5.41) is 22.5. The van der Waals surface area contributed by atoms with Crippen LogP contribution in [0.4, 0.5) is 0 Å². The van der Waals surface area contributed by atoms with Gasteiger partial charge in [0.1, 0.15) is 23.9 Å². The van der Waals surface area contributed by atoms with Crippen LogP contribution in [0.2, 0.25) is 0 Å². The fourth-order valence-electron chi connectivity index (χ4n) is 4.74. The van der Waals surface area contributed by atoms with Gasteiger partial charge in [0.25, 0.3) is 0 Å². The highest BCUT2D eigenvalue weighted by molar-refractivity contribution is 5.94. The van der Waals surface area contributed by atoms with Crippen molar-refractivity contribution in [2.75, 3.05) is 13.1 Å². The smallest absolute Gasteiger partial charge is 0.243 e. The first-order valence-corrected chi connectivity index (χ1v) is 14.8. The van der Waals surface area contributed by atoms with Crippen LogP contribution >= 0.6 is 0 Å². The van der Waals surface area contributed by atoms with E-state index in [9.17, 15) is 33.9 Å². The molecule has 10 N–H and O–H groups in total. The highest BCUT2D eigenvalue weighted by Crippen LogP contribution is 2.12. The minimum Gasteiger partial charge on any atom is -0.508 e. The number of nitrogens with one attached hydrogen (secondary N) is 5. The van der Waals surface area contributed by atoms with Crippen LogP contribution in [-0.4, -0.2) is 77.8 Å². The van der Waals surface area contributed by atoms with E-state index in [2.05, 4.69) is 26.6 Å². The molecule has 2 aromatic rings. The van der Waals surface area contributed by atoms with Crippen LogP contribution < -0.4 is 38.1 Å². The van der Waals surface area contributed by atoms with Gasteiger partial charge < -0.3 is 43.2 Å². The van der Waals surface area contributed by atoms with E-state index in [0.717, 1.165) is 5.56 Å². The quantitative estimate of drug-likeness (QED) is 0.183. The van der Waals surface area contributed by atoms with Crippen LogP contribution in [0.15, 0.2) is 54.6 Å². The number of aromatic hydroxyl groups is 1. The van der Waals surface area contributed by atoms with E-state index >= 15 is 0 Å². The molecule has 0 radical (unpaired) electrons. The maximum atomic E-state index is 13.2. The molecule has 1 aliphatic rings. The third-order valence-corrected chi connectivity index (χ3v) is 7.28. The normalized spacial score (nSPS) is 21.5. The van der Waals surface area contributed by atoms with Gasteiger partial charge in [0.2, 0.25) is 35.4 Å². The van der Waals surface area contributed by atoms with Crippen molar-refractivity contribution >= 4 is 35.4 Å². The molecule has 3 rings (SSSR count). The standard InChI is InChI=1S/C31H41N7O7/c32-22(16-20-9-11-21(39)12-10-20)29(43)38-24-8-4-5-15-34-26(40)14-13-23(28(33)42)37-31(45)25(17-19-6-2-1-3-7-19)36-27(41)18-35-30(24)44/h1-3,6-7,9-12,22-25,39H,4-5,8,13-18,32H2,(H2,33,42)(H,34,40)(H,35,44)(H,36,41)(H,37,45)(H,38,43)/t22-,23-,24+,25-/m0/s1. The van der Waals surface area contributed by atoms with Crippen LogP contribution in [-0.2, 0) is 41.6 Å². The Kier molecular flexibility index (Phi) is 13.3. The van der Waals surface area contributed by atoms with Crippen molar-refractivity contribution in [3.8, 4) is 5.75 Å². The van der Waals surface area contributed by atoms with Gasteiger partial charge in [0.05, 0.1) is 12.6 Å². The minimum absolute atomic E-state index is 0.0343. The molecule has 0 aromatic heterocycles. The molecule has 45 heavy (non-hydrogen) atoms. The number of nitrogens with two attached hydrogens (primary N) is 2. The number of phenolic OH excluding ortho intramolecular Hbond substituents is 1. The van der Waals surface area contributed by atoms with Crippen LogP contribution in [0, 0.1) is 0 Å². The predicted octanol–water partition coefficient (Wildman–Crippen LogP) is -1.36. The van der Waals surface area contributed by atoms with E-state index in [0.29, 0.717) is 18.4 Å². The highest BCUT2D eigenvalue weighted by atomic mass is 16.3. The summed E-state index contributed by atoms with van der Waals surface area (Å²) in [5.41, 5.74) is 13.0. The molecule has 242 valence electrons. The second-order valence-corrected chi connectivity index (χ2v) is 10.9. The summed E-state index contributed by atoms with van der Waals surface area (Å²) in [6.07, 6.45) is 1.24. The Labute approximate surface area is 261 Å². The average Bonchev–Trinajstić information content (AvgIpc) is 3.01. The SMILES string of the molecule is NC(=O)[C@@H]1CCC(=O)NCCCC[C@@H](NC(=O)[C@@H](N)Cc2ccc(O)cc2)C(=O)NCC(=O)N[C@@H](Cc2ccccc2)C(=O)N1. The second-order valence-electron chi connectivity index (χ2n) is 10.9. The third-order valence-electron chi connectivity index (χ3n) is 7.28. The van der Waals surface area contributed by atoms with Crippen molar-refractivity contribution in [3.63, 3.8) is 0 Å². The van der Waals surface area contributed by atoms with Crippen LogP contribution in [0.25, 0.3) is 0 Å². The lowest BCUT2D eigenvalue weighted by Crippen LogP contribution is -2.56. The fourth-order valence-corrected chi connectivity index (χ4v) is 4.74. The number of benzene rings is 2. The van der Waals surface area contributed by atoms with Crippen molar-refractivity contribution in [1.82, 2.24) is 26.6 Å². The first-order chi connectivity index (χ1) is 21.5. The number of primary amides is 1. The van der Waals surface area contributed by atoms with Gasteiger partial charge in [-0.25, -0.2) is 0 Å². The number of carbonyl (C=O) groups excluding carboxylic acids is 6. The van der Waals surface area contributed by atoms with Crippen molar-refractivity contribution < 1.29 is 33.9 Å². The number of phenols is 1. The Morgan fingerprint density at radius 1 is 0.867 bits per heavy atom. The summed E-state index contributed by atoms with van der Waals surface area (Å²) in [4.78, 5) is 76.6. The average molecular weight is 624 g/mol. The van der Waals surface area contributed by atoms with Gasteiger partial charge >= 0.3 is 0 Å². The van der Waals surface area contributed by atoms with Gasteiger partial charge in [-0.3, -0.25) is 28.8 Å². The second kappa shape index (κ2) is 17.3. The molecule has 0 bridgehead atoms. The lowest BCUT2D eigenvalue weighted by molar-refractivity contribution is -0.133. The van der Waals surface area contributed by atoms with E-state index in [1.54, 1.807) is 42.5 Å². The Balaban J connectivity index is 1.73. The molecule has 4 atom stereocenters. The highest BCUT2D eigenvalue weighted by Gasteiger charge is 2.28. The molecule has 0 saturated carbocycles.